The second kappa shape index (κ2) is 11.2. The van der Waals surface area contributed by atoms with Crippen LogP contribution in [0.2, 0.25) is 10.0 Å². The summed E-state index contributed by atoms with van der Waals surface area (Å²) in [5, 5.41) is 2.43. The summed E-state index contributed by atoms with van der Waals surface area (Å²) >= 11 is 18.8. The van der Waals surface area contributed by atoms with Gasteiger partial charge in [0.15, 0.2) is 0 Å². The Balaban J connectivity index is 1.33. The number of amides is 2. The summed E-state index contributed by atoms with van der Waals surface area (Å²) in [4.78, 5) is 27.3. The summed E-state index contributed by atoms with van der Waals surface area (Å²) in [5.41, 5.74) is 4.22. The van der Waals surface area contributed by atoms with Crippen LogP contribution in [0.5, 0.6) is 0 Å². The summed E-state index contributed by atoms with van der Waals surface area (Å²) in [6.45, 7) is 2.68. The van der Waals surface area contributed by atoms with Crippen LogP contribution in [0.1, 0.15) is 11.1 Å². The monoisotopic (exact) mass is 584 g/mol. The van der Waals surface area contributed by atoms with Gasteiger partial charge in [0.2, 0.25) is 10.0 Å². The quantitative estimate of drug-likeness (QED) is 0.410. The van der Waals surface area contributed by atoms with E-state index >= 15 is 0 Å². The van der Waals surface area contributed by atoms with Crippen molar-refractivity contribution >= 4 is 79.4 Å². The van der Waals surface area contributed by atoms with Crippen molar-refractivity contribution in [1.82, 2.24) is 19.6 Å². The Bertz CT molecular complexity index is 1320. The van der Waals surface area contributed by atoms with Crippen molar-refractivity contribution in [3.63, 3.8) is 0 Å². The van der Waals surface area contributed by atoms with E-state index in [1.165, 1.54) is 9.21 Å². The Hall–Kier alpha value is -1.99. The van der Waals surface area contributed by atoms with Gasteiger partial charge in [-0.05, 0) is 37.3 Å². The van der Waals surface area contributed by atoms with Gasteiger partial charge < -0.3 is 0 Å². The molecule has 0 spiro atoms. The minimum atomic E-state index is -3.61. The van der Waals surface area contributed by atoms with Crippen molar-refractivity contribution in [1.29, 1.82) is 0 Å². The van der Waals surface area contributed by atoms with E-state index < -0.39 is 21.8 Å². The van der Waals surface area contributed by atoms with Crippen LogP contribution in [0.3, 0.4) is 0 Å². The zero-order valence-corrected chi connectivity index (χ0v) is 23.1. The summed E-state index contributed by atoms with van der Waals surface area (Å²) in [6.07, 6.45) is 1.57. The molecule has 2 amide bonds. The Labute approximate surface area is 229 Å². The molecule has 2 saturated heterocycles. The molecule has 2 heterocycles. The number of thioether (sulfide) groups is 1. The standard InChI is InChI=1S/C23H22Cl2N4O4S3/c1-15-5-7-16(8-6-15)36(32,33)28-11-9-27(10-12-28)26-21(30)14-29-22(31)20(35-23(29)34)13-17-18(24)3-2-4-19(17)25/h2-8,13H,9-12,14H2,1H3,(H,26,30)/b20-13-. The highest BCUT2D eigenvalue weighted by Crippen LogP contribution is 2.35. The van der Waals surface area contributed by atoms with E-state index in [1.54, 1.807) is 53.5 Å². The third-order valence-corrected chi connectivity index (χ3v) is 9.58. The third-order valence-electron chi connectivity index (χ3n) is 5.63. The molecule has 0 unspecified atom stereocenters. The predicted octanol–water partition coefficient (Wildman–Crippen LogP) is 3.54. The highest BCUT2D eigenvalue weighted by Gasteiger charge is 2.35. The number of sulfonamides is 1. The second-order valence-electron chi connectivity index (χ2n) is 8.14. The van der Waals surface area contributed by atoms with Gasteiger partial charge in [0.05, 0.1) is 9.80 Å². The first-order valence-electron chi connectivity index (χ1n) is 10.9. The van der Waals surface area contributed by atoms with Crippen LogP contribution in [-0.2, 0) is 19.6 Å². The number of thiocarbonyl (C=S) groups is 1. The van der Waals surface area contributed by atoms with Crippen molar-refractivity contribution < 1.29 is 18.0 Å². The van der Waals surface area contributed by atoms with Crippen LogP contribution in [0.25, 0.3) is 6.08 Å². The highest BCUT2D eigenvalue weighted by molar-refractivity contribution is 8.26. The smallest absolute Gasteiger partial charge is 0.266 e. The summed E-state index contributed by atoms with van der Waals surface area (Å²) in [7, 11) is -3.61. The van der Waals surface area contributed by atoms with Crippen LogP contribution in [0.15, 0.2) is 52.3 Å². The summed E-state index contributed by atoms with van der Waals surface area (Å²) in [5.74, 6) is -0.844. The van der Waals surface area contributed by atoms with E-state index in [0.717, 1.165) is 17.3 Å². The maximum Gasteiger partial charge on any atom is 0.266 e. The number of nitrogens with zero attached hydrogens (tertiary/aromatic N) is 3. The van der Waals surface area contributed by atoms with Crippen molar-refractivity contribution in [2.75, 3.05) is 32.7 Å². The number of piperazine rings is 1. The summed E-state index contributed by atoms with van der Waals surface area (Å²) < 4.78 is 27.4. The zero-order valence-electron chi connectivity index (χ0n) is 19.1. The van der Waals surface area contributed by atoms with Gasteiger partial charge in [0.1, 0.15) is 10.9 Å². The summed E-state index contributed by atoms with van der Waals surface area (Å²) in [6, 6.07) is 11.7. The van der Waals surface area contributed by atoms with Gasteiger partial charge in [0, 0.05) is 41.8 Å². The molecule has 0 atom stereocenters. The van der Waals surface area contributed by atoms with E-state index in [0.29, 0.717) is 33.6 Å². The maximum absolute atomic E-state index is 12.9. The van der Waals surface area contributed by atoms with Crippen LogP contribution in [0.4, 0.5) is 0 Å². The molecule has 2 aliphatic rings. The molecule has 0 aromatic heterocycles. The van der Waals surface area contributed by atoms with E-state index in [9.17, 15) is 18.0 Å². The fourth-order valence-electron chi connectivity index (χ4n) is 3.67. The zero-order chi connectivity index (χ0) is 26.0. The lowest BCUT2D eigenvalue weighted by Crippen LogP contribution is -2.56. The van der Waals surface area contributed by atoms with Gasteiger partial charge in [-0.1, -0.05) is 70.9 Å². The number of aryl methyl sites for hydroxylation is 1. The first-order chi connectivity index (χ1) is 17.1. The van der Waals surface area contributed by atoms with Crippen molar-refractivity contribution in [2.24, 2.45) is 0 Å². The van der Waals surface area contributed by atoms with Gasteiger partial charge in [-0.2, -0.15) is 4.31 Å². The number of halogens is 2. The molecule has 2 fully saturated rings. The Kier molecular flexibility index (Phi) is 8.40. The molecular weight excluding hydrogens is 563 g/mol. The Morgan fingerprint density at radius 2 is 1.69 bits per heavy atom. The second-order valence-corrected chi connectivity index (χ2v) is 12.6. The number of benzene rings is 2. The van der Waals surface area contributed by atoms with Gasteiger partial charge in [-0.3, -0.25) is 19.9 Å². The molecule has 2 aliphatic heterocycles. The van der Waals surface area contributed by atoms with E-state index in [2.05, 4.69) is 5.43 Å². The van der Waals surface area contributed by atoms with Crippen LogP contribution in [-0.4, -0.2) is 71.5 Å². The Morgan fingerprint density at radius 1 is 1.08 bits per heavy atom. The van der Waals surface area contributed by atoms with Crippen molar-refractivity contribution in [2.45, 2.75) is 11.8 Å². The average molecular weight is 586 g/mol. The fourth-order valence-corrected chi connectivity index (χ4v) is 6.84. The average Bonchev–Trinajstić information content (AvgIpc) is 3.09. The molecule has 36 heavy (non-hydrogen) atoms. The molecule has 2 aromatic carbocycles. The highest BCUT2D eigenvalue weighted by atomic mass is 35.5. The lowest BCUT2D eigenvalue weighted by atomic mass is 10.2. The van der Waals surface area contributed by atoms with Gasteiger partial charge in [0.25, 0.3) is 11.8 Å². The largest absolute Gasteiger partial charge is 0.287 e. The van der Waals surface area contributed by atoms with Crippen LogP contribution >= 0.6 is 47.2 Å². The van der Waals surface area contributed by atoms with Crippen molar-refractivity contribution in [3.8, 4) is 0 Å². The number of hydrogen-bond donors (Lipinski definition) is 1. The molecule has 0 saturated carbocycles. The minimum absolute atomic E-state index is 0.221. The Morgan fingerprint density at radius 3 is 2.31 bits per heavy atom. The van der Waals surface area contributed by atoms with Gasteiger partial charge in [-0.15, -0.1) is 0 Å². The fraction of sp³-hybridized carbons (Fsp3) is 0.261. The molecule has 0 radical (unpaired) electrons. The van der Waals surface area contributed by atoms with Gasteiger partial charge >= 0.3 is 0 Å². The van der Waals surface area contributed by atoms with Crippen LogP contribution < -0.4 is 5.43 Å². The number of carbonyl (C=O) groups excluding carboxylic acids is 2. The first kappa shape index (κ1) is 27.1. The minimum Gasteiger partial charge on any atom is -0.287 e. The topological polar surface area (TPSA) is 90.0 Å². The first-order valence-corrected chi connectivity index (χ1v) is 14.3. The normalized spacial score (nSPS) is 18.8. The van der Waals surface area contributed by atoms with E-state index in [4.69, 9.17) is 35.4 Å². The number of hydrazine groups is 1. The molecule has 0 aliphatic carbocycles. The predicted molar refractivity (Wildman–Crippen MR) is 146 cm³/mol. The van der Waals surface area contributed by atoms with Crippen LogP contribution in [0, 0.1) is 6.92 Å². The van der Waals surface area contributed by atoms with Crippen molar-refractivity contribution in [3.05, 3.63) is 68.5 Å². The SMILES string of the molecule is Cc1ccc(S(=O)(=O)N2CCN(NC(=O)CN3C(=O)/C(=C/c4c(Cl)cccc4Cl)SC3=S)CC2)cc1. The lowest BCUT2D eigenvalue weighted by molar-refractivity contribution is -0.131. The molecule has 190 valence electrons. The number of hydrogen-bond acceptors (Lipinski definition) is 7. The molecule has 1 N–H and O–H groups in total. The lowest BCUT2D eigenvalue weighted by Gasteiger charge is -2.34. The number of nitrogens with one attached hydrogen (secondary N) is 1. The third kappa shape index (κ3) is 5.94. The molecule has 0 bridgehead atoms. The molecule has 13 heteroatoms. The maximum atomic E-state index is 12.9. The van der Waals surface area contributed by atoms with E-state index in [-0.39, 0.29) is 28.9 Å². The number of carbonyl (C=O) groups is 2. The molecular formula is C23H22Cl2N4O4S3. The number of rotatable bonds is 6. The van der Waals surface area contributed by atoms with E-state index in [1.807, 2.05) is 6.92 Å². The molecule has 2 aromatic rings. The van der Waals surface area contributed by atoms with Gasteiger partial charge in [-0.25, -0.2) is 13.4 Å². The molecule has 8 nitrogen and oxygen atoms in total. The molecule has 4 rings (SSSR count).